The highest BCUT2D eigenvalue weighted by molar-refractivity contribution is 8.00. The van der Waals surface area contributed by atoms with E-state index in [4.69, 9.17) is 0 Å². The van der Waals surface area contributed by atoms with Gasteiger partial charge >= 0.3 is 0 Å². The molecule has 1 aliphatic rings. The van der Waals surface area contributed by atoms with Gasteiger partial charge in [-0.05, 0) is 17.5 Å². The Bertz CT molecular complexity index is 557. The second-order valence-electron chi connectivity index (χ2n) is 3.79. The van der Waals surface area contributed by atoms with Crippen LogP contribution in [-0.4, -0.2) is 16.1 Å². The van der Waals surface area contributed by atoms with E-state index in [9.17, 15) is 4.79 Å². The van der Waals surface area contributed by atoms with E-state index in [1.165, 1.54) is 0 Å². The van der Waals surface area contributed by atoms with Gasteiger partial charge < -0.3 is 4.57 Å². The predicted octanol–water partition coefficient (Wildman–Crippen LogP) is 2.29. The highest BCUT2D eigenvalue weighted by atomic mass is 32.2. The van der Waals surface area contributed by atoms with Crippen LogP contribution < -0.4 is 5.56 Å². The molecule has 0 unspecified atom stereocenters. The molecule has 0 aliphatic carbocycles. The molecule has 2 aromatic rings. The lowest BCUT2D eigenvalue weighted by molar-refractivity contribution is 0.593. The van der Waals surface area contributed by atoms with Crippen molar-refractivity contribution in [2.75, 3.05) is 11.5 Å². The van der Waals surface area contributed by atoms with Gasteiger partial charge in [0, 0.05) is 17.6 Å². The first-order valence-electron chi connectivity index (χ1n) is 5.04. The fourth-order valence-electron chi connectivity index (χ4n) is 1.96. The molecule has 0 atom stereocenters. The number of benzene rings is 1. The van der Waals surface area contributed by atoms with E-state index in [0.29, 0.717) is 6.04 Å². The van der Waals surface area contributed by atoms with Crippen LogP contribution in [0.3, 0.4) is 0 Å². The average molecular weight is 217 g/mol. The molecule has 0 bridgehead atoms. The molecule has 0 radical (unpaired) electrons. The molecule has 2 heterocycles. The van der Waals surface area contributed by atoms with Crippen molar-refractivity contribution in [3.05, 3.63) is 46.8 Å². The summed E-state index contributed by atoms with van der Waals surface area (Å²) < 4.78 is 1.94. The van der Waals surface area contributed by atoms with Crippen LogP contribution in [0.5, 0.6) is 0 Å². The molecular weight excluding hydrogens is 206 g/mol. The minimum atomic E-state index is 0.124. The Morgan fingerprint density at radius 1 is 1.13 bits per heavy atom. The third-order valence-corrected chi connectivity index (χ3v) is 4.07. The lowest BCUT2D eigenvalue weighted by Gasteiger charge is -2.28. The first-order valence-corrected chi connectivity index (χ1v) is 6.20. The van der Waals surface area contributed by atoms with Crippen LogP contribution in [0.25, 0.3) is 10.9 Å². The third-order valence-electron chi connectivity index (χ3n) is 2.82. The summed E-state index contributed by atoms with van der Waals surface area (Å²) in [7, 11) is 0. The minimum absolute atomic E-state index is 0.124. The van der Waals surface area contributed by atoms with E-state index < -0.39 is 0 Å². The zero-order valence-corrected chi connectivity index (χ0v) is 9.04. The fourth-order valence-corrected chi connectivity index (χ4v) is 2.70. The zero-order valence-electron chi connectivity index (χ0n) is 8.22. The Morgan fingerprint density at radius 2 is 1.93 bits per heavy atom. The zero-order chi connectivity index (χ0) is 10.3. The molecule has 3 rings (SSSR count). The molecule has 76 valence electrons. The monoisotopic (exact) mass is 217 g/mol. The van der Waals surface area contributed by atoms with Gasteiger partial charge in [0.15, 0.2) is 0 Å². The first kappa shape index (κ1) is 9.04. The Hall–Kier alpha value is -1.22. The molecule has 0 spiro atoms. The number of fused-ring (bicyclic) bond motifs is 1. The number of hydrogen-bond acceptors (Lipinski definition) is 2. The number of aromatic nitrogens is 1. The van der Waals surface area contributed by atoms with Crippen LogP contribution in [0.15, 0.2) is 41.2 Å². The lowest BCUT2D eigenvalue weighted by Crippen LogP contribution is -2.32. The molecule has 1 aromatic carbocycles. The predicted molar refractivity (Wildman–Crippen MR) is 64.6 cm³/mol. The number of hydrogen-bond donors (Lipinski definition) is 0. The highest BCUT2D eigenvalue weighted by Gasteiger charge is 2.22. The normalized spacial score (nSPS) is 16.5. The molecule has 1 saturated heterocycles. The van der Waals surface area contributed by atoms with E-state index in [0.717, 1.165) is 22.4 Å². The molecule has 0 saturated carbocycles. The van der Waals surface area contributed by atoms with E-state index in [2.05, 4.69) is 6.07 Å². The largest absolute Gasteiger partial charge is 0.304 e. The van der Waals surface area contributed by atoms with Gasteiger partial charge in [-0.15, -0.1) is 0 Å². The van der Waals surface area contributed by atoms with Crippen molar-refractivity contribution in [2.24, 2.45) is 0 Å². The molecule has 1 aliphatic heterocycles. The molecule has 2 nitrogen and oxygen atoms in total. The summed E-state index contributed by atoms with van der Waals surface area (Å²) in [6.45, 7) is 0. The third kappa shape index (κ3) is 1.38. The number of nitrogens with zero attached hydrogens (tertiary/aromatic N) is 1. The van der Waals surface area contributed by atoms with Crippen LogP contribution in [0.4, 0.5) is 0 Å². The summed E-state index contributed by atoms with van der Waals surface area (Å²) in [5.74, 6) is 2.13. The summed E-state index contributed by atoms with van der Waals surface area (Å²) >= 11 is 1.90. The van der Waals surface area contributed by atoms with Crippen molar-refractivity contribution in [3.8, 4) is 0 Å². The van der Waals surface area contributed by atoms with Crippen molar-refractivity contribution < 1.29 is 0 Å². The van der Waals surface area contributed by atoms with Crippen LogP contribution in [0, 0.1) is 0 Å². The quantitative estimate of drug-likeness (QED) is 0.731. The van der Waals surface area contributed by atoms with E-state index in [1.807, 2.05) is 40.6 Å². The standard InChI is InChI=1S/C12H11NOS/c14-12-6-5-9-3-1-2-4-11(9)13(12)10-7-15-8-10/h1-6,10H,7-8H2. The highest BCUT2D eigenvalue weighted by Crippen LogP contribution is 2.30. The maximum absolute atomic E-state index is 11.8. The number of para-hydroxylation sites is 1. The average Bonchev–Trinajstić information content (AvgIpc) is 2.20. The van der Waals surface area contributed by atoms with Crippen LogP contribution in [0.2, 0.25) is 0 Å². The molecule has 0 N–H and O–H groups in total. The maximum atomic E-state index is 11.8. The molecule has 1 fully saturated rings. The van der Waals surface area contributed by atoms with Crippen molar-refractivity contribution in [3.63, 3.8) is 0 Å². The minimum Gasteiger partial charge on any atom is -0.304 e. The summed E-state index contributed by atoms with van der Waals surface area (Å²) in [5, 5.41) is 1.15. The van der Waals surface area contributed by atoms with Crippen LogP contribution in [0.1, 0.15) is 6.04 Å². The van der Waals surface area contributed by atoms with Gasteiger partial charge in [-0.25, -0.2) is 0 Å². The smallest absolute Gasteiger partial charge is 0.251 e. The van der Waals surface area contributed by atoms with Crippen molar-refractivity contribution >= 4 is 22.7 Å². The summed E-state index contributed by atoms with van der Waals surface area (Å²) in [5.41, 5.74) is 1.19. The molecule has 1 aromatic heterocycles. The van der Waals surface area contributed by atoms with Crippen molar-refractivity contribution in [1.82, 2.24) is 4.57 Å². The molecule has 0 amide bonds. The number of rotatable bonds is 1. The second kappa shape index (κ2) is 3.42. The van der Waals surface area contributed by atoms with E-state index in [1.54, 1.807) is 6.07 Å². The molecule has 15 heavy (non-hydrogen) atoms. The summed E-state index contributed by atoms with van der Waals surface area (Å²) in [4.78, 5) is 11.8. The molecular formula is C12H11NOS. The van der Waals surface area contributed by atoms with Gasteiger partial charge in [0.05, 0.1) is 11.6 Å². The lowest BCUT2D eigenvalue weighted by atomic mass is 10.2. The SMILES string of the molecule is O=c1ccc2ccccc2n1C1CSC1. The summed E-state index contributed by atoms with van der Waals surface area (Å²) in [6, 6.07) is 12.0. The van der Waals surface area contributed by atoms with Crippen molar-refractivity contribution in [1.29, 1.82) is 0 Å². The second-order valence-corrected chi connectivity index (χ2v) is 4.87. The van der Waals surface area contributed by atoms with E-state index in [-0.39, 0.29) is 5.56 Å². The molecule has 3 heteroatoms. The number of thioether (sulfide) groups is 1. The van der Waals surface area contributed by atoms with Crippen LogP contribution >= 0.6 is 11.8 Å². The van der Waals surface area contributed by atoms with Crippen LogP contribution in [-0.2, 0) is 0 Å². The Kier molecular flexibility index (Phi) is 2.06. The van der Waals surface area contributed by atoms with Gasteiger partial charge in [-0.2, -0.15) is 11.8 Å². The van der Waals surface area contributed by atoms with Gasteiger partial charge in [-0.1, -0.05) is 18.2 Å². The van der Waals surface area contributed by atoms with Gasteiger partial charge in [0.25, 0.3) is 5.56 Å². The summed E-state index contributed by atoms with van der Waals surface area (Å²) in [6.07, 6.45) is 0. The van der Waals surface area contributed by atoms with E-state index >= 15 is 0 Å². The maximum Gasteiger partial charge on any atom is 0.251 e. The van der Waals surface area contributed by atoms with Gasteiger partial charge in [0.1, 0.15) is 0 Å². The van der Waals surface area contributed by atoms with Crippen molar-refractivity contribution in [2.45, 2.75) is 6.04 Å². The number of pyridine rings is 1. The Balaban J connectivity index is 2.32. The topological polar surface area (TPSA) is 22.0 Å². The van der Waals surface area contributed by atoms with Gasteiger partial charge in [0.2, 0.25) is 0 Å². The Morgan fingerprint density at radius 3 is 2.67 bits per heavy atom. The van der Waals surface area contributed by atoms with Gasteiger partial charge in [-0.3, -0.25) is 4.79 Å². The first-order chi connectivity index (χ1) is 7.36. The Labute approximate surface area is 91.9 Å². The fraction of sp³-hybridized carbons (Fsp3) is 0.250.